The number of sulfonamides is 1. The summed E-state index contributed by atoms with van der Waals surface area (Å²) in [7, 11) is -2.01. The van der Waals surface area contributed by atoms with Gasteiger partial charge in [0.25, 0.3) is 5.69 Å². The van der Waals surface area contributed by atoms with Gasteiger partial charge in [0, 0.05) is 25.1 Å². The van der Waals surface area contributed by atoms with Crippen LogP contribution in [0, 0.1) is 17.0 Å². The van der Waals surface area contributed by atoms with E-state index in [2.05, 4.69) is 5.32 Å². The fraction of sp³-hybridized carbons (Fsp3) is 0.316. The molecule has 0 radical (unpaired) electrons. The van der Waals surface area contributed by atoms with Gasteiger partial charge in [-0.2, -0.15) is 0 Å². The molecule has 0 spiro atoms. The van der Waals surface area contributed by atoms with Gasteiger partial charge in [0.05, 0.1) is 29.7 Å². The second kappa shape index (κ2) is 9.37. The summed E-state index contributed by atoms with van der Waals surface area (Å²) in [4.78, 5) is 22.6. The van der Waals surface area contributed by atoms with E-state index in [-0.39, 0.29) is 31.0 Å². The van der Waals surface area contributed by atoms with Crippen LogP contribution in [0.15, 0.2) is 42.5 Å². The van der Waals surface area contributed by atoms with E-state index in [4.69, 9.17) is 4.74 Å². The van der Waals surface area contributed by atoms with Crippen molar-refractivity contribution in [3.63, 3.8) is 0 Å². The molecule has 1 amide bonds. The number of aryl methyl sites for hydroxylation is 1. The number of methoxy groups -OCH3 is 1. The summed E-state index contributed by atoms with van der Waals surface area (Å²) in [6.45, 7) is 1.85. The number of anilines is 2. The van der Waals surface area contributed by atoms with Gasteiger partial charge in [-0.05, 0) is 43.2 Å². The molecule has 0 aliphatic rings. The third kappa shape index (κ3) is 6.18. The van der Waals surface area contributed by atoms with E-state index in [9.17, 15) is 23.3 Å². The molecule has 1 N–H and O–H groups in total. The summed E-state index contributed by atoms with van der Waals surface area (Å²) in [5.74, 6) is 0.255. The van der Waals surface area contributed by atoms with Crippen molar-refractivity contribution >= 4 is 33.0 Å². The zero-order valence-electron chi connectivity index (χ0n) is 16.4. The Balaban J connectivity index is 2.01. The molecule has 0 saturated heterocycles. The molecule has 0 fully saturated rings. The van der Waals surface area contributed by atoms with E-state index >= 15 is 0 Å². The van der Waals surface area contributed by atoms with Crippen molar-refractivity contribution < 1.29 is 22.9 Å². The molecule has 0 unspecified atom stereocenters. The molecule has 29 heavy (non-hydrogen) atoms. The van der Waals surface area contributed by atoms with Crippen LogP contribution in [0.5, 0.6) is 5.75 Å². The molecule has 0 heterocycles. The Bertz CT molecular complexity index is 990. The molecule has 9 nitrogen and oxygen atoms in total. The average molecular weight is 421 g/mol. The SMILES string of the molecule is COc1ccc(N(CCCC(=O)Nc2cc([N+](=O)[O-])ccc2C)S(C)(=O)=O)cc1. The Kier molecular flexibility index (Phi) is 7.16. The van der Waals surface area contributed by atoms with Crippen molar-refractivity contribution in [1.29, 1.82) is 0 Å². The number of carbonyl (C=O) groups is 1. The Morgan fingerprint density at radius 1 is 1.21 bits per heavy atom. The number of rotatable bonds is 9. The lowest BCUT2D eigenvalue weighted by Gasteiger charge is -2.22. The number of carbonyl (C=O) groups excluding carboxylic acids is 1. The molecular weight excluding hydrogens is 398 g/mol. The van der Waals surface area contributed by atoms with Gasteiger partial charge in [0.1, 0.15) is 5.75 Å². The number of nitro groups is 1. The predicted octanol–water partition coefficient (Wildman–Crippen LogP) is 3.10. The number of nitrogens with zero attached hydrogens (tertiary/aromatic N) is 2. The number of nitro benzene ring substituents is 1. The molecule has 10 heteroatoms. The summed E-state index contributed by atoms with van der Waals surface area (Å²) in [5.41, 5.74) is 1.41. The molecule has 2 aromatic rings. The number of non-ortho nitro benzene ring substituents is 1. The van der Waals surface area contributed by atoms with Crippen molar-refractivity contribution in [3.05, 3.63) is 58.1 Å². The lowest BCUT2D eigenvalue weighted by atomic mass is 10.1. The van der Waals surface area contributed by atoms with Gasteiger partial charge >= 0.3 is 0 Å². The Morgan fingerprint density at radius 2 is 1.86 bits per heavy atom. The molecule has 0 aliphatic carbocycles. The number of hydrogen-bond acceptors (Lipinski definition) is 6. The highest BCUT2D eigenvalue weighted by molar-refractivity contribution is 7.92. The molecule has 2 aromatic carbocycles. The molecule has 0 saturated carbocycles. The zero-order chi connectivity index (χ0) is 21.6. The first-order valence-electron chi connectivity index (χ1n) is 8.78. The number of ether oxygens (including phenoxy) is 1. The van der Waals surface area contributed by atoms with Crippen LogP contribution in [0.3, 0.4) is 0 Å². The van der Waals surface area contributed by atoms with Gasteiger partial charge < -0.3 is 10.1 Å². The fourth-order valence-corrected chi connectivity index (χ4v) is 3.65. The van der Waals surface area contributed by atoms with E-state index in [1.165, 1.54) is 23.5 Å². The van der Waals surface area contributed by atoms with Crippen molar-refractivity contribution in [2.75, 3.05) is 29.5 Å². The molecule has 156 valence electrons. The van der Waals surface area contributed by atoms with Crippen LogP contribution in [-0.4, -0.2) is 39.2 Å². The predicted molar refractivity (Wildman–Crippen MR) is 111 cm³/mol. The number of amides is 1. The topological polar surface area (TPSA) is 119 Å². The Labute approximate surface area is 169 Å². The number of hydrogen-bond donors (Lipinski definition) is 1. The lowest BCUT2D eigenvalue weighted by Crippen LogP contribution is -2.31. The maximum absolute atomic E-state index is 12.2. The van der Waals surface area contributed by atoms with Gasteiger partial charge in [-0.25, -0.2) is 8.42 Å². The average Bonchev–Trinajstić information content (AvgIpc) is 2.66. The Morgan fingerprint density at radius 3 is 2.41 bits per heavy atom. The Hall–Kier alpha value is -3.14. The summed E-state index contributed by atoms with van der Waals surface area (Å²) >= 11 is 0. The third-order valence-corrected chi connectivity index (χ3v) is 5.43. The van der Waals surface area contributed by atoms with Crippen LogP contribution in [0.1, 0.15) is 18.4 Å². The maximum atomic E-state index is 12.2. The second-order valence-electron chi connectivity index (χ2n) is 6.44. The minimum atomic E-state index is -3.53. The largest absolute Gasteiger partial charge is 0.497 e. The van der Waals surface area contributed by atoms with E-state index in [1.807, 2.05) is 0 Å². The number of benzene rings is 2. The normalized spacial score (nSPS) is 11.0. The van der Waals surface area contributed by atoms with Gasteiger partial charge in [-0.3, -0.25) is 19.2 Å². The molecule has 0 bridgehead atoms. The van der Waals surface area contributed by atoms with E-state index in [0.29, 0.717) is 22.7 Å². The van der Waals surface area contributed by atoms with Crippen molar-refractivity contribution in [2.45, 2.75) is 19.8 Å². The standard InChI is InChI=1S/C19H23N3O6S/c1-14-6-7-16(22(24)25)13-18(14)20-19(23)5-4-12-21(29(3,26)27)15-8-10-17(28-2)11-9-15/h6-11,13H,4-5,12H2,1-3H3,(H,20,23). The van der Waals surface area contributed by atoms with Crippen LogP contribution in [0.25, 0.3) is 0 Å². The summed E-state index contributed by atoms with van der Waals surface area (Å²) in [5, 5.41) is 13.5. The highest BCUT2D eigenvalue weighted by atomic mass is 32.2. The van der Waals surface area contributed by atoms with Crippen LogP contribution < -0.4 is 14.4 Å². The first-order valence-corrected chi connectivity index (χ1v) is 10.6. The monoisotopic (exact) mass is 421 g/mol. The molecule has 0 aromatic heterocycles. The first kappa shape index (κ1) is 22.2. The van der Waals surface area contributed by atoms with Gasteiger partial charge in [-0.15, -0.1) is 0 Å². The maximum Gasteiger partial charge on any atom is 0.271 e. The lowest BCUT2D eigenvalue weighted by molar-refractivity contribution is -0.384. The summed E-state index contributed by atoms with van der Waals surface area (Å²) in [6.07, 6.45) is 1.44. The summed E-state index contributed by atoms with van der Waals surface area (Å²) < 4.78 is 30.6. The van der Waals surface area contributed by atoms with Crippen LogP contribution >= 0.6 is 0 Å². The van der Waals surface area contributed by atoms with E-state index in [1.54, 1.807) is 37.3 Å². The van der Waals surface area contributed by atoms with Crippen LogP contribution in [0.2, 0.25) is 0 Å². The van der Waals surface area contributed by atoms with Crippen LogP contribution in [0.4, 0.5) is 17.1 Å². The van der Waals surface area contributed by atoms with Gasteiger partial charge in [-0.1, -0.05) is 6.07 Å². The molecular formula is C19H23N3O6S. The van der Waals surface area contributed by atoms with E-state index in [0.717, 1.165) is 6.26 Å². The van der Waals surface area contributed by atoms with Crippen molar-refractivity contribution in [3.8, 4) is 5.75 Å². The second-order valence-corrected chi connectivity index (χ2v) is 8.35. The first-order chi connectivity index (χ1) is 13.6. The van der Waals surface area contributed by atoms with Crippen molar-refractivity contribution in [1.82, 2.24) is 0 Å². The third-order valence-electron chi connectivity index (χ3n) is 4.23. The minimum absolute atomic E-state index is 0.0598. The summed E-state index contributed by atoms with van der Waals surface area (Å²) in [6, 6.07) is 10.8. The number of nitrogens with one attached hydrogen (secondary N) is 1. The highest BCUT2D eigenvalue weighted by Crippen LogP contribution is 2.23. The van der Waals surface area contributed by atoms with Gasteiger partial charge in [0.15, 0.2) is 0 Å². The van der Waals surface area contributed by atoms with Crippen molar-refractivity contribution in [2.24, 2.45) is 0 Å². The minimum Gasteiger partial charge on any atom is -0.497 e. The molecule has 2 rings (SSSR count). The zero-order valence-corrected chi connectivity index (χ0v) is 17.2. The van der Waals surface area contributed by atoms with E-state index < -0.39 is 14.9 Å². The molecule has 0 atom stereocenters. The van der Waals surface area contributed by atoms with Gasteiger partial charge in [0.2, 0.25) is 15.9 Å². The quantitative estimate of drug-likeness (QED) is 0.491. The smallest absolute Gasteiger partial charge is 0.271 e. The molecule has 0 aliphatic heterocycles. The van der Waals surface area contributed by atoms with Crippen LogP contribution in [-0.2, 0) is 14.8 Å². The highest BCUT2D eigenvalue weighted by Gasteiger charge is 2.18. The fourth-order valence-electron chi connectivity index (χ4n) is 2.69.